The van der Waals surface area contributed by atoms with Crippen molar-refractivity contribution in [1.82, 2.24) is 14.8 Å². The number of nitrogens with two attached hydrogens (primary N) is 1. The lowest BCUT2D eigenvalue weighted by molar-refractivity contribution is -0.149. The van der Waals surface area contributed by atoms with Crippen molar-refractivity contribution in [2.45, 2.75) is 18.4 Å². The molecular weight excluding hydrogens is 448 g/mol. The Balaban J connectivity index is 1.84. The topological polar surface area (TPSA) is 132 Å². The Morgan fingerprint density at radius 3 is 2.65 bits per heavy atom. The van der Waals surface area contributed by atoms with Gasteiger partial charge in [0.1, 0.15) is 6.04 Å². The number of carbonyl (C=O) groups is 2. The first-order chi connectivity index (χ1) is 14.7. The molecule has 2 aliphatic heterocycles. The molecule has 0 aliphatic carbocycles. The van der Waals surface area contributed by atoms with Crippen LogP contribution in [0.5, 0.6) is 0 Å². The number of amides is 2. The van der Waals surface area contributed by atoms with E-state index in [1.165, 1.54) is 18.2 Å². The summed E-state index contributed by atoms with van der Waals surface area (Å²) in [6.45, 7) is 2.15. The van der Waals surface area contributed by atoms with Gasteiger partial charge in [0.05, 0.1) is 30.6 Å². The minimum atomic E-state index is -3.88. The Morgan fingerprint density at radius 1 is 1.35 bits per heavy atom. The number of halogens is 1. The summed E-state index contributed by atoms with van der Waals surface area (Å²) >= 11 is 5.90. The van der Waals surface area contributed by atoms with Gasteiger partial charge in [0.2, 0.25) is 21.8 Å². The number of hydrogen-bond acceptors (Lipinski definition) is 7. The smallest absolute Gasteiger partial charge is 0.247 e. The second-order valence-electron chi connectivity index (χ2n) is 7.67. The number of methoxy groups -OCH3 is 1. The zero-order valence-corrected chi connectivity index (χ0v) is 18.8. The van der Waals surface area contributed by atoms with Gasteiger partial charge in [-0.25, -0.2) is 13.6 Å². The fraction of sp³-hybridized carbons (Fsp3) is 0.632. The van der Waals surface area contributed by atoms with Gasteiger partial charge in [-0.1, -0.05) is 11.6 Å². The minimum absolute atomic E-state index is 0.0493. The number of carbonyl (C=O) groups excluding carboxylic acids is 2. The second kappa shape index (κ2) is 10.2. The third-order valence-electron chi connectivity index (χ3n) is 5.62. The third-order valence-corrected chi connectivity index (χ3v) is 6.66. The fourth-order valence-corrected chi connectivity index (χ4v) is 5.13. The molecule has 1 aromatic heterocycles. The standard InChI is InChI=1S/C19H27ClN4O6S/c1-29-11-17(19(26)23-6-8-30-9-7-23)24-5-4-14(18(24)25)15(12-31(21,27)28)16-3-2-13(20)10-22-16/h2-3,10,14-15,17H,4-9,11-12H2,1H3,(H2,21,27,28)/t14-,15?,17-/m0/s1. The van der Waals surface area contributed by atoms with Gasteiger partial charge in [-0.15, -0.1) is 0 Å². The Labute approximate surface area is 186 Å². The molecule has 3 atom stereocenters. The van der Waals surface area contributed by atoms with Gasteiger partial charge >= 0.3 is 0 Å². The molecule has 2 saturated heterocycles. The number of rotatable bonds is 8. The molecule has 0 spiro atoms. The van der Waals surface area contributed by atoms with Crippen LogP contribution in [0.1, 0.15) is 18.0 Å². The van der Waals surface area contributed by atoms with E-state index in [2.05, 4.69) is 4.98 Å². The molecule has 2 amide bonds. The number of sulfonamides is 1. The van der Waals surface area contributed by atoms with Crippen molar-refractivity contribution in [3.8, 4) is 0 Å². The molecule has 0 radical (unpaired) electrons. The van der Waals surface area contributed by atoms with Crippen LogP contribution in [0.2, 0.25) is 5.02 Å². The first kappa shape index (κ1) is 23.9. The molecule has 0 saturated carbocycles. The van der Waals surface area contributed by atoms with Crippen LogP contribution in [-0.4, -0.2) is 93.4 Å². The lowest BCUT2D eigenvalue weighted by Crippen LogP contribution is -2.54. The lowest BCUT2D eigenvalue weighted by atomic mass is 9.89. The van der Waals surface area contributed by atoms with Gasteiger partial charge < -0.3 is 19.3 Å². The Bertz CT molecular complexity index is 891. The highest BCUT2D eigenvalue weighted by molar-refractivity contribution is 7.89. The average molecular weight is 475 g/mol. The highest BCUT2D eigenvalue weighted by atomic mass is 35.5. The van der Waals surface area contributed by atoms with Crippen LogP contribution in [0.4, 0.5) is 0 Å². The summed E-state index contributed by atoms with van der Waals surface area (Å²) in [5.74, 6) is -2.37. The number of likely N-dealkylation sites (tertiary alicyclic amines) is 1. The molecule has 2 fully saturated rings. The van der Waals surface area contributed by atoms with Crippen LogP contribution in [0.25, 0.3) is 0 Å². The van der Waals surface area contributed by atoms with Crippen LogP contribution in [0.3, 0.4) is 0 Å². The summed E-state index contributed by atoms with van der Waals surface area (Å²) < 4.78 is 34.3. The Kier molecular flexibility index (Phi) is 7.87. The van der Waals surface area contributed by atoms with Crippen LogP contribution in [0, 0.1) is 5.92 Å². The number of nitrogens with zero attached hydrogens (tertiary/aromatic N) is 3. The molecule has 3 heterocycles. The van der Waals surface area contributed by atoms with Gasteiger partial charge in [0, 0.05) is 50.5 Å². The molecule has 10 nitrogen and oxygen atoms in total. The number of morpholine rings is 1. The van der Waals surface area contributed by atoms with Crippen molar-refractivity contribution in [3.05, 3.63) is 29.0 Å². The van der Waals surface area contributed by atoms with Crippen molar-refractivity contribution < 1.29 is 27.5 Å². The van der Waals surface area contributed by atoms with Crippen molar-refractivity contribution in [3.63, 3.8) is 0 Å². The van der Waals surface area contributed by atoms with E-state index >= 15 is 0 Å². The third kappa shape index (κ3) is 5.92. The zero-order chi connectivity index (χ0) is 22.6. The van der Waals surface area contributed by atoms with Gasteiger partial charge in [-0.2, -0.15) is 0 Å². The molecule has 2 aliphatic rings. The molecule has 1 unspecified atom stereocenters. The average Bonchev–Trinajstić information content (AvgIpc) is 3.11. The summed E-state index contributed by atoms with van der Waals surface area (Å²) in [7, 11) is -2.41. The summed E-state index contributed by atoms with van der Waals surface area (Å²) in [6, 6.07) is 2.40. The Morgan fingerprint density at radius 2 is 2.06 bits per heavy atom. The van der Waals surface area contributed by atoms with Crippen LogP contribution in [-0.2, 0) is 29.1 Å². The molecule has 31 heavy (non-hydrogen) atoms. The highest BCUT2D eigenvalue weighted by Crippen LogP contribution is 2.34. The quantitative estimate of drug-likeness (QED) is 0.553. The maximum atomic E-state index is 13.4. The summed E-state index contributed by atoms with van der Waals surface area (Å²) in [5.41, 5.74) is 0.418. The van der Waals surface area contributed by atoms with Crippen LogP contribution < -0.4 is 5.14 Å². The van der Waals surface area contributed by atoms with Gasteiger partial charge in [-0.05, 0) is 18.6 Å². The number of aromatic nitrogens is 1. The largest absolute Gasteiger partial charge is 0.382 e. The normalized spacial score (nSPS) is 21.9. The molecule has 0 bridgehead atoms. The first-order valence-corrected chi connectivity index (χ1v) is 12.1. The lowest BCUT2D eigenvalue weighted by Gasteiger charge is -2.34. The molecule has 0 aromatic carbocycles. The predicted octanol–water partition coefficient (Wildman–Crippen LogP) is -0.171. The van der Waals surface area contributed by atoms with E-state index in [-0.39, 0.29) is 18.4 Å². The Hall–Kier alpha value is -1.79. The number of primary sulfonamides is 1. The zero-order valence-electron chi connectivity index (χ0n) is 17.3. The van der Waals surface area contributed by atoms with E-state index < -0.39 is 33.7 Å². The van der Waals surface area contributed by atoms with E-state index in [9.17, 15) is 18.0 Å². The van der Waals surface area contributed by atoms with E-state index in [0.29, 0.717) is 50.0 Å². The number of hydrogen-bond donors (Lipinski definition) is 1. The van der Waals surface area contributed by atoms with Crippen LogP contribution in [0.15, 0.2) is 18.3 Å². The monoisotopic (exact) mass is 474 g/mol. The molecule has 12 heteroatoms. The summed E-state index contributed by atoms with van der Waals surface area (Å²) in [6.07, 6.45) is 1.78. The SMILES string of the molecule is COC[C@@H](C(=O)N1CCOCC1)N1CC[C@@H](C(CS(N)(=O)=O)c2ccc(Cl)cn2)C1=O. The van der Waals surface area contributed by atoms with E-state index in [4.69, 9.17) is 26.2 Å². The van der Waals surface area contributed by atoms with Crippen molar-refractivity contribution >= 4 is 33.4 Å². The maximum Gasteiger partial charge on any atom is 0.247 e. The van der Waals surface area contributed by atoms with E-state index in [0.717, 1.165) is 0 Å². The van der Waals surface area contributed by atoms with E-state index in [1.54, 1.807) is 17.0 Å². The maximum absolute atomic E-state index is 13.4. The van der Waals surface area contributed by atoms with Crippen molar-refractivity contribution in [2.75, 3.05) is 52.3 Å². The number of ether oxygens (including phenoxy) is 2. The fourth-order valence-electron chi connectivity index (χ4n) is 4.12. The highest BCUT2D eigenvalue weighted by Gasteiger charge is 2.45. The predicted molar refractivity (Wildman–Crippen MR) is 113 cm³/mol. The van der Waals surface area contributed by atoms with Crippen LogP contribution >= 0.6 is 11.6 Å². The van der Waals surface area contributed by atoms with Gasteiger partial charge in [0.25, 0.3) is 0 Å². The minimum Gasteiger partial charge on any atom is -0.382 e. The number of pyridine rings is 1. The molecule has 172 valence electrons. The van der Waals surface area contributed by atoms with Crippen molar-refractivity contribution in [2.24, 2.45) is 11.1 Å². The molecule has 1 aromatic rings. The molecular formula is C19H27ClN4O6S. The summed E-state index contributed by atoms with van der Waals surface area (Å²) in [5, 5.41) is 5.70. The summed E-state index contributed by atoms with van der Waals surface area (Å²) in [4.78, 5) is 33.8. The second-order valence-corrected chi connectivity index (χ2v) is 9.77. The molecule has 2 N–H and O–H groups in total. The van der Waals surface area contributed by atoms with Gasteiger partial charge in [0.15, 0.2) is 0 Å². The molecule has 3 rings (SSSR count). The first-order valence-electron chi connectivity index (χ1n) is 9.99. The van der Waals surface area contributed by atoms with Gasteiger partial charge in [-0.3, -0.25) is 14.6 Å². The van der Waals surface area contributed by atoms with E-state index in [1.807, 2.05) is 0 Å². The van der Waals surface area contributed by atoms with Crippen molar-refractivity contribution in [1.29, 1.82) is 0 Å².